The lowest BCUT2D eigenvalue weighted by Gasteiger charge is -2.31. The van der Waals surface area contributed by atoms with Gasteiger partial charge in [0.25, 0.3) is 0 Å². The third-order valence-corrected chi connectivity index (χ3v) is 4.16. The van der Waals surface area contributed by atoms with Crippen LogP contribution in [0.3, 0.4) is 0 Å². The van der Waals surface area contributed by atoms with Gasteiger partial charge in [-0.15, -0.1) is 0 Å². The van der Waals surface area contributed by atoms with Gasteiger partial charge in [-0.2, -0.15) is 0 Å². The van der Waals surface area contributed by atoms with Crippen LogP contribution in [0.2, 0.25) is 0 Å². The lowest BCUT2D eigenvalue weighted by molar-refractivity contribution is 0.194. The minimum absolute atomic E-state index is 0.382. The van der Waals surface area contributed by atoms with Crippen LogP contribution < -0.4 is 5.32 Å². The van der Waals surface area contributed by atoms with Crippen LogP contribution in [0.15, 0.2) is 18.2 Å². The molecule has 0 aliphatic rings. The summed E-state index contributed by atoms with van der Waals surface area (Å²) in [5.74, 6) is 1.09. The van der Waals surface area contributed by atoms with Crippen LogP contribution in [0.5, 0.6) is 5.75 Å². The summed E-state index contributed by atoms with van der Waals surface area (Å²) >= 11 is 0. The van der Waals surface area contributed by atoms with Gasteiger partial charge in [0.05, 0.1) is 0 Å². The van der Waals surface area contributed by atoms with Gasteiger partial charge >= 0.3 is 0 Å². The van der Waals surface area contributed by atoms with Crippen LogP contribution in [-0.2, 0) is 6.54 Å². The number of hydrogen-bond donors (Lipinski definition) is 2. The van der Waals surface area contributed by atoms with Crippen molar-refractivity contribution >= 4 is 0 Å². The summed E-state index contributed by atoms with van der Waals surface area (Å²) in [6.45, 7) is 8.24. The zero-order valence-corrected chi connectivity index (χ0v) is 13.6. The maximum absolute atomic E-state index is 9.86. The molecule has 0 heterocycles. The summed E-state index contributed by atoms with van der Waals surface area (Å²) in [5, 5.41) is 13.4. The van der Waals surface area contributed by atoms with Crippen molar-refractivity contribution in [2.45, 2.75) is 46.2 Å². The van der Waals surface area contributed by atoms with Crippen molar-refractivity contribution in [2.75, 3.05) is 20.6 Å². The number of aromatic hydroxyl groups is 1. The summed E-state index contributed by atoms with van der Waals surface area (Å²) in [4.78, 5) is 2.31. The molecule has 1 aromatic rings. The second-order valence-corrected chi connectivity index (χ2v) is 5.87. The fourth-order valence-electron chi connectivity index (χ4n) is 2.81. The number of rotatable bonds is 8. The maximum Gasteiger partial charge on any atom is 0.120 e. The van der Waals surface area contributed by atoms with Crippen LogP contribution in [0, 0.1) is 12.8 Å². The number of phenols is 1. The average molecular weight is 278 g/mol. The Hall–Kier alpha value is -1.06. The molecule has 0 amide bonds. The Morgan fingerprint density at radius 2 is 1.85 bits per heavy atom. The predicted molar refractivity (Wildman–Crippen MR) is 86.1 cm³/mol. The van der Waals surface area contributed by atoms with Gasteiger partial charge in [0, 0.05) is 24.7 Å². The Morgan fingerprint density at radius 1 is 1.20 bits per heavy atom. The second kappa shape index (κ2) is 8.28. The molecular weight excluding hydrogens is 248 g/mol. The van der Waals surface area contributed by atoms with E-state index >= 15 is 0 Å². The lowest BCUT2D eigenvalue weighted by Crippen LogP contribution is -2.42. The number of likely N-dealkylation sites (N-methyl/N-ethyl adjacent to an activating group) is 1. The summed E-state index contributed by atoms with van der Waals surface area (Å²) in [5.41, 5.74) is 2.16. The summed E-state index contributed by atoms with van der Waals surface area (Å²) in [6, 6.07) is 6.30. The SMILES string of the molecule is CCC(CC)C(CNCc1cc(C)ccc1O)N(C)C. The number of phenolic OH excluding ortho intramolecular Hbond substituents is 1. The highest BCUT2D eigenvalue weighted by atomic mass is 16.3. The Balaban J connectivity index is 2.58. The van der Waals surface area contributed by atoms with Crippen molar-refractivity contribution < 1.29 is 5.11 Å². The van der Waals surface area contributed by atoms with E-state index < -0.39 is 0 Å². The first-order valence-electron chi connectivity index (χ1n) is 7.65. The van der Waals surface area contributed by atoms with E-state index in [0.29, 0.717) is 17.7 Å². The summed E-state index contributed by atoms with van der Waals surface area (Å²) < 4.78 is 0. The third kappa shape index (κ3) is 4.80. The molecule has 1 atom stereocenters. The Bertz CT molecular complexity index is 400. The average Bonchev–Trinajstić information content (AvgIpc) is 2.41. The number of benzene rings is 1. The zero-order chi connectivity index (χ0) is 15.1. The molecule has 0 aromatic heterocycles. The van der Waals surface area contributed by atoms with Crippen molar-refractivity contribution in [3.05, 3.63) is 29.3 Å². The second-order valence-electron chi connectivity index (χ2n) is 5.87. The van der Waals surface area contributed by atoms with E-state index in [-0.39, 0.29) is 0 Å². The lowest BCUT2D eigenvalue weighted by atomic mass is 9.93. The molecule has 0 saturated heterocycles. The molecular formula is C17H30N2O. The first-order chi connectivity index (χ1) is 9.49. The van der Waals surface area contributed by atoms with Crippen LogP contribution >= 0.6 is 0 Å². The molecule has 0 aliphatic carbocycles. The number of nitrogens with one attached hydrogen (secondary N) is 1. The van der Waals surface area contributed by atoms with Crippen LogP contribution in [0.25, 0.3) is 0 Å². The highest BCUT2D eigenvalue weighted by molar-refractivity contribution is 5.35. The molecule has 0 radical (unpaired) electrons. The van der Waals surface area contributed by atoms with E-state index in [1.54, 1.807) is 6.07 Å². The van der Waals surface area contributed by atoms with Crippen molar-refractivity contribution in [3.8, 4) is 5.75 Å². The van der Waals surface area contributed by atoms with Gasteiger partial charge in [0.15, 0.2) is 0 Å². The van der Waals surface area contributed by atoms with Gasteiger partial charge in [-0.05, 0) is 33.0 Å². The van der Waals surface area contributed by atoms with Crippen molar-refractivity contribution in [3.63, 3.8) is 0 Å². The topological polar surface area (TPSA) is 35.5 Å². The molecule has 0 fully saturated rings. The summed E-state index contributed by atoms with van der Waals surface area (Å²) in [7, 11) is 4.30. The monoisotopic (exact) mass is 278 g/mol. The Labute approximate surface area is 124 Å². The van der Waals surface area contributed by atoms with Crippen LogP contribution in [0.1, 0.15) is 37.8 Å². The van der Waals surface area contributed by atoms with Gasteiger partial charge in [-0.1, -0.05) is 44.4 Å². The minimum Gasteiger partial charge on any atom is -0.508 e. The van der Waals surface area contributed by atoms with Crippen molar-refractivity contribution in [2.24, 2.45) is 5.92 Å². The molecule has 3 heteroatoms. The minimum atomic E-state index is 0.382. The van der Waals surface area contributed by atoms with Gasteiger partial charge in [-0.25, -0.2) is 0 Å². The highest BCUT2D eigenvalue weighted by Gasteiger charge is 2.20. The molecule has 0 saturated carbocycles. The van der Waals surface area contributed by atoms with E-state index in [2.05, 4.69) is 45.1 Å². The smallest absolute Gasteiger partial charge is 0.120 e. The van der Waals surface area contributed by atoms with Crippen molar-refractivity contribution in [1.82, 2.24) is 10.2 Å². The largest absolute Gasteiger partial charge is 0.508 e. The number of aryl methyl sites for hydroxylation is 1. The molecule has 0 bridgehead atoms. The molecule has 114 valence electrons. The molecule has 1 aromatic carbocycles. The van der Waals surface area contributed by atoms with Crippen LogP contribution in [0.4, 0.5) is 0 Å². The number of hydrogen-bond acceptors (Lipinski definition) is 3. The van der Waals surface area contributed by atoms with E-state index in [1.165, 1.54) is 18.4 Å². The molecule has 0 spiro atoms. The quantitative estimate of drug-likeness (QED) is 0.767. The molecule has 1 rings (SSSR count). The van der Waals surface area contributed by atoms with E-state index in [4.69, 9.17) is 0 Å². The van der Waals surface area contributed by atoms with Gasteiger partial charge in [0.1, 0.15) is 5.75 Å². The molecule has 3 nitrogen and oxygen atoms in total. The Kier molecular flexibility index (Phi) is 7.03. The van der Waals surface area contributed by atoms with Gasteiger partial charge in [0.2, 0.25) is 0 Å². The molecule has 1 unspecified atom stereocenters. The Morgan fingerprint density at radius 3 is 2.40 bits per heavy atom. The maximum atomic E-state index is 9.86. The van der Waals surface area contributed by atoms with Crippen molar-refractivity contribution in [1.29, 1.82) is 0 Å². The molecule has 20 heavy (non-hydrogen) atoms. The van der Waals surface area contributed by atoms with Gasteiger partial charge in [-0.3, -0.25) is 0 Å². The standard InChI is InChI=1S/C17H30N2O/c1-6-14(7-2)16(19(4)5)12-18-11-15-10-13(3)8-9-17(15)20/h8-10,14,16,18,20H,6-7,11-12H2,1-5H3. The first-order valence-corrected chi connectivity index (χ1v) is 7.65. The summed E-state index contributed by atoms with van der Waals surface area (Å²) in [6.07, 6.45) is 2.41. The van der Waals surface area contributed by atoms with Crippen LogP contribution in [-0.4, -0.2) is 36.7 Å². The predicted octanol–water partition coefficient (Wildman–Crippen LogP) is 3.16. The van der Waals surface area contributed by atoms with E-state index in [9.17, 15) is 5.11 Å². The molecule has 2 N–H and O–H groups in total. The highest BCUT2D eigenvalue weighted by Crippen LogP contribution is 2.19. The number of nitrogens with zero attached hydrogens (tertiary/aromatic N) is 1. The fourth-order valence-corrected chi connectivity index (χ4v) is 2.81. The molecule has 0 aliphatic heterocycles. The third-order valence-electron chi connectivity index (χ3n) is 4.16. The van der Waals surface area contributed by atoms with Gasteiger partial charge < -0.3 is 15.3 Å². The zero-order valence-electron chi connectivity index (χ0n) is 13.6. The first kappa shape index (κ1) is 17.0. The van der Waals surface area contributed by atoms with E-state index in [1.807, 2.05) is 12.1 Å². The van der Waals surface area contributed by atoms with E-state index in [0.717, 1.165) is 18.7 Å². The normalized spacial score (nSPS) is 13.2. The fraction of sp³-hybridized carbons (Fsp3) is 0.647.